The highest BCUT2D eigenvalue weighted by molar-refractivity contribution is 7.92. The van der Waals surface area contributed by atoms with Gasteiger partial charge in [-0.3, -0.25) is 0 Å². The summed E-state index contributed by atoms with van der Waals surface area (Å²) in [6.45, 7) is 2.37. The standard InChI is InChI=1S/C16H23NO3S/c1-13-6-8-14(9-7-13)10-11-21(19,20)17(2)12-15-4-3-5-16(15)18/h6-11,15-16,18H,3-5,12H2,1-2H3/b11-10+. The lowest BCUT2D eigenvalue weighted by molar-refractivity contribution is 0.123. The van der Waals surface area contributed by atoms with Crippen LogP contribution in [-0.4, -0.2) is 37.5 Å². The molecular weight excluding hydrogens is 286 g/mol. The maximum absolute atomic E-state index is 12.2. The number of nitrogens with zero attached hydrogens (tertiary/aromatic N) is 1. The Hall–Kier alpha value is -1.17. The first-order valence-electron chi connectivity index (χ1n) is 7.27. The second-order valence-electron chi connectivity index (χ2n) is 5.80. The van der Waals surface area contributed by atoms with Crippen molar-refractivity contribution in [3.63, 3.8) is 0 Å². The Morgan fingerprint density at radius 1 is 1.29 bits per heavy atom. The van der Waals surface area contributed by atoms with Crippen LogP contribution in [0.5, 0.6) is 0 Å². The second-order valence-corrected chi connectivity index (χ2v) is 7.72. The molecule has 1 N–H and O–H groups in total. The van der Waals surface area contributed by atoms with Crippen LogP contribution in [-0.2, 0) is 10.0 Å². The molecule has 4 nitrogen and oxygen atoms in total. The molecule has 1 aromatic carbocycles. The fourth-order valence-electron chi connectivity index (χ4n) is 2.61. The minimum Gasteiger partial charge on any atom is -0.393 e. The van der Waals surface area contributed by atoms with Crippen LogP contribution in [0, 0.1) is 12.8 Å². The summed E-state index contributed by atoms with van der Waals surface area (Å²) >= 11 is 0. The van der Waals surface area contributed by atoms with E-state index < -0.39 is 10.0 Å². The van der Waals surface area contributed by atoms with Crippen LogP contribution in [0.1, 0.15) is 30.4 Å². The number of aryl methyl sites for hydroxylation is 1. The molecule has 2 rings (SSSR count). The van der Waals surface area contributed by atoms with Crippen molar-refractivity contribution >= 4 is 16.1 Å². The van der Waals surface area contributed by atoms with Gasteiger partial charge in [-0.15, -0.1) is 0 Å². The maximum Gasteiger partial charge on any atom is 0.235 e. The van der Waals surface area contributed by atoms with Crippen molar-refractivity contribution in [2.24, 2.45) is 5.92 Å². The first-order chi connectivity index (χ1) is 9.88. The lowest BCUT2D eigenvalue weighted by atomic mass is 10.1. The molecule has 0 spiro atoms. The minimum atomic E-state index is -3.44. The molecular formula is C16H23NO3S. The zero-order valence-electron chi connectivity index (χ0n) is 12.6. The van der Waals surface area contributed by atoms with Crippen molar-refractivity contribution < 1.29 is 13.5 Å². The molecule has 0 aromatic heterocycles. The fraction of sp³-hybridized carbons (Fsp3) is 0.500. The van der Waals surface area contributed by atoms with Crippen LogP contribution >= 0.6 is 0 Å². The van der Waals surface area contributed by atoms with E-state index in [0.29, 0.717) is 6.54 Å². The number of benzene rings is 1. The van der Waals surface area contributed by atoms with E-state index in [1.807, 2.05) is 31.2 Å². The monoisotopic (exact) mass is 309 g/mol. The van der Waals surface area contributed by atoms with Crippen molar-refractivity contribution in [2.45, 2.75) is 32.3 Å². The van der Waals surface area contributed by atoms with Gasteiger partial charge in [-0.05, 0) is 37.3 Å². The number of rotatable bonds is 5. The van der Waals surface area contributed by atoms with Gasteiger partial charge in [0.1, 0.15) is 0 Å². The summed E-state index contributed by atoms with van der Waals surface area (Å²) in [6, 6.07) is 7.68. The Bertz CT molecular complexity index is 592. The summed E-state index contributed by atoms with van der Waals surface area (Å²) in [5, 5.41) is 11.0. The summed E-state index contributed by atoms with van der Waals surface area (Å²) in [7, 11) is -1.87. The van der Waals surface area contributed by atoms with Gasteiger partial charge in [-0.2, -0.15) is 0 Å². The van der Waals surface area contributed by atoms with Gasteiger partial charge in [0.05, 0.1) is 6.10 Å². The lowest BCUT2D eigenvalue weighted by Crippen LogP contribution is -2.33. The highest BCUT2D eigenvalue weighted by Crippen LogP contribution is 2.26. The average Bonchev–Trinajstić information content (AvgIpc) is 2.84. The Morgan fingerprint density at radius 2 is 1.95 bits per heavy atom. The quantitative estimate of drug-likeness (QED) is 0.908. The number of aliphatic hydroxyl groups excluding tert-OH is 1. The van der Waals surface area contributed by atoms with Crippen LogP contribution in [0.4, 0.5) is 0 Å². The molecule has 116 valence electrons. The predicted octanol–water partition coefficient (Wildman–Crippen LogP) is 2.39. The van der Waals surface area contributed by atoms with Crippen molar-refractivity contribution in [3.8, 4) is 0 Å². The molecule has 0 amide bonds. The average molecular weight is 309 g/mol. The Morgan fingerprint density at radius 3 is 2.52 bits per heavy atom. The predicted molar refractivity (Wildman–Crippen MR) is 85.1 cm³/mol. The molecule has 0 saturated heterocycles. The number of hydrogen-bond acceptors (Lipinski definition) is 3. The summed E-state index contributed by atoms with van der Waals surface area (Å²) in [5.41, 5.74) is 2.00. The van der Waals surface area contributed by atoms with Gasteiger partial charge in [0.25, 0.3) is 0 Å². The highest BCUT2D eigenvalue weighted by atomic mass is 32.2. The van der Waals surface area contributed by atoms with E-state index >= 15 is 0 Å². The fourth-order valence-corrected chi connectivity index (χ4v) is 3.55. The largest absolute Gasteiger partial charge is 0.393 e. The van der Waals surface area contributed by atoms with Gasteiger partial charge >= 0.3 is 0 Å². The van der Waals surface area contributed by atoms with Gasteiger partial charge in [0.15, 0.2) is 0 Å². The smallest absolute Gasteiger partial charge is 0.235 e. The summed E-state index contributed by atoms with van der Waals surface area (Å²) in [6.07, 6.45) is 3.87. The molecule has 0 bridgehead atoms. The van der Waals surface area contributed by atoms with Gasteiger partial charge in [0.2, 0.25) is 10.0 Å². The molecule has 2 unspecified atom stereocenters. The molecule has 0 radical (unpaired) electrons. The van der Waals surface area contributed by atoms with E-state index in [-0.39, 0.29) is 12.0 Å². The third-order valence-electron chi connectivity index (χ3n) is 4.05. The molecule has 1 aliphatic carbocycles. The number of aliphatic hydroxyl groups is 1. The van der Waals surface area contributed by atoms with Crippen LogP contribution < -0.4 is 0 Å². The van der Waals surface area contributed by atoms with Crippen molar-refractivity contribution in [1.82, 2.24) is 4.31 Å². The van der Waals surface area contributed by atoms with Crippen molar-refractivity contribution in [2.75, 3.05) is 13.6 Å². The highest BCUT2D eigenvalue weighted by Gasteiger charge is 2.28. The Balaban J connectivity index is 2.01. The van der Waals surface area contributed by atoms with E-state index in [0.717, 1.165) is 30.4 Å². The van der Waals surface area contributed by atoms with Crippen LogP contribution in [0.15, 0.2) is 29.7 Å². The second kappa shape index (κ2) is 6.73. The van der Waals surface area contributed by atoms with Gasteiger partial charge in [-0.25, -0.2) is 12.7 Å². The molecule has 5 heteroatoms. The first kappa shape index (κ1) is 16.2. The molecule has 1 fully saturated rings. The summed E-state index contributed by atoms with van der Waals surface area (Å²) < 4.78 is 25.8. The molecule has 1 saturated carbocycles. The Labute approximate surface area is 127 Å². The third kappa shape index (κ3) is 4.40. The molecule has 1 aliphatic rings. The van der Waals surface area contributed by atoms with E-state index in [2.05, 4.69) is 0 Å². The van der Waals surface area contributed by atoms with Gasteiger partial charge in [-0.1, -0.05) is 36.2 Å². The number of hydrogen-bond donors (Lipinski definition) is 1. The maximum atomic E-state index is 12.2. The Kier molecular flexibility index (Phi) is 5.19. The molecule has 1 aromatic rings. The topological polar surface area (TPSA) is 57.6 Å². The lowest BCUT2D eigenvalue weighted by Gasteiger charge is -2.21. The van der Waals surface area contributed by atoms with Crippen LogP contribution in [0.25, 0.3) is 6.08 Å². The number of sulfonamides is 1. The normalized spacial score (nSPS) is 23.2. The summed E-state index contributed by atoms with van der Waals surface area (Å²) in [5.74, 6) is 0.0533. The van der Waals surface area contributed by atoms with E-state index in [9.17, 15) is 13.5 Å². The molecule has 21 heavy (non-hydrogen) atoms. The zero-order valence-corrected chi connectivity index (χ0v) is 13.4. The first-order valence-corrected chi connectivity index (χ1v) is 8.78. The third-order valence-corrected chi connectivity index (χ3v) is 5.55. The van der Waals surface area contributed by atoms with Crippen molar-refractivity contribution in [1.29, 1.82) is 0 Å². The van der Waals surface area contributed by atoms with E-state index in [4.69, 9.17) is 0 Å². The summed E-state index contributed by atoms with van der Waals surface area (Å²) in [4.78, 5) is 0. The van der Waals surface area contributed by atoms with Crippen molar-refractivity contribution in [3.05, 3.63) is 40.8 Å². The zero-order chi connectivity index (χ0) is 15.5. The minimum absolute atomic E-state index is 0.0533. The SMILES string of the molecule is Cc1ccc(/C=C/S(=O)(=O)N(C)CC2CCCC2O)cc1. The van der Waals surface area contributed by atoms with Crippen LogP contribution in [0.2, 0.25) is 0 Å². The van der Waals surface area contributed by atoms with E-state index in [1.165, 1.54) is 9.71 Å². The molecule has 0 heterocycles. The van der Waals surface area contributed by atoms with Gasteiger partial charge in [0, 0.05) is 19.0 Å². The molecule has 2 atom stereocenters. The van der Waals surface area contributed by atoms with Gasteiger partial charge < -0.3 is 5.11 Å². The van der Waals surface area contributed by atoms with Crippen LogP contribution in [0.3, 0.4) is 0 Å². The molecule has 0 aliphatic heterocycles. The van der Waals surface area contributed by atoms with E-state index in [1.54, 1.807) is 13.1 Å².